The Labute approximate surface area is 93.7 Å². The molecule has 0 saturated carbocycles. The van der Waals surface area contributed by atoms with Crippen LogP contribution in [0, 0.1) is 0 Å². The third-order valence-electron chi connectivity index (χ3n) is 3.69. The van der Waals surface area contributed by atoms with Crippen molar-refractivity contribution in [2.45, 2.75) is 57.7 Å². The van der Waals surface area contributed by atoms with Crippen LogP contribution in [-0.4, -0.2) is 36.1 Å². The average Bonchev–Trinajstić information content (AvgIpc) is 2.68. The predicted molar refractivity (Wildman–Crippen MR) is 65.0 cm³/mol. The van der Waals surface area contributed by atoms with Gasteiger partial charge in [-0.2, -0.15) is 0 Å². The number of hydrogen-bond acceptors (Lipinski definition) is 2. The van der Waals surface area contributed by atoms with E-state index in [1.807, 2.05) is 0 Å². The number of hydrogen-bond donors (Lipinski definition) is 1. The zero-order valence-electron chi connectivity index (χ0n) is 10.1. The van der Waals surface area contributed by atoms with E-state index in [0.29, 0.717) is 6.04 Å². The zero-order chi connectivity index (χ0) is 10.7. The summed E-state index contributed by atoms with van der Waals surface area (Å²) >= 11 is 0. The first-order chi connectivity index (χ1) is 7.25. The highest BCUT2D eigenvalue weighted by Gasteiger charge is 2.25. The van der Waals surface area contributed by atoms with Gasteiger partial charge in [0.25, 0.3) is 0 Å². The van der Waals surface area contributed by atoms with E-state index < -0.39 is 0 Å². The first-order valence-corrected chi connectivity index (χ1v) is 6.41. The molecule has 1 saturated heterocycles. The first kappa shape index (κ1) is 11.2. The first-order valence-electron chi connectivity index (χ1n) is 6.41. The van der Waals surface area contributed by atoms with Gasteiger partial charge in [-0.1, -0.05) is 12.2 Å². The number of nitrogens with zero attached hydrogens (tertiary/aromatic N) is 1. The minimum Gasteiger partial charge on any atom is -0.310 e. The van der Waals surface area contributed by atoms with Crippen LogP contribution >= 0.6 is 0 Å². The predicted octanol–water partition coefficient (Wildman–Crippen LogP) is 2.17. The Morgan fingerprint density at radius 1 is 1.20 bits per heavy atom. The summed E-state index contributed by atoms with van der Waals surface area (Å²) in [6.07, 6.45) is 9.80. The standard InChI is InChI=1S/C13H24N2/c1-11(2)15-9-8-13(10-15)14-12-6-4-3-5-7-12/h3-4,11-14H,5-10H2,1-2H3. The average molecular weight is 208 g/mol. The lowest BCUT2D eigenvalue weighted by Gasteiger charge is -2.25. The van der Waals surface area contributed by atoms with Gasteiger partial charge in [0.15, 0.2) is 0 Å². The number of allylic oxidation sites excluding steroid dienone is 1. The topological polar surface area (TPSA) is 15.3 Å². The van der Waals surface area contributed by atoms with Crippen molar-refractivity contribution in [2.75, 3.05) is 13.1 Å². The molecule has 0 aromatic carbocycles. The largest absolute Gasteiger partial charge is 0.310 e. The molecule has 2 unspecified atom stereocenters. The minimum absolute atomic E-state index is 0.711. The van der Waals surface area contributed by atoms with Gasteiger partial charge in [0.1, 0.15) is 0 Å². The maximum absolute atomic E-state index is 3.81. The second-order valence-electron chi connectivity index (χ2n) is 5.22. The van der Waals surface area contributed by atoms with Crippen molar-refractivity contribution in [3.63, 3.8) is 0 Å². The van der Waals surface area contributed by atoms with Crippen LogP contribution < -0.4 is 5.32 Å². The van der Waals surface area contributed by atoms with Gasteiger partial charge in [-0.25, -0.2) is 0 Å². The van der Waals surface area contributed by atoms with Crippen LogP contribution in [0.4, 0.5) is 0 Å². The fraction of sp³-hybridized carbons (Fsp3) is 0.846. The Bertz CT molecular complexity index is 223. The molecule has 1 heterocycles. The molecule has 2 atom stereocenters. The maximum Gasteiger partial charge on any atom is 0.0210 e. The normalized spacial score (nSPS) is 32.7. The van der Waals surface area contributed by atoms with Crippen molar-refractivity contribution >= 4 is 0 Å². The van der Waals surface area contributed by atoms with E-state index in [2.05, 4.69) is 36.2 Å². The summed E-state index contributed by atoms with van der Waals surface area (Å²) in [6.45, 7) is 7.12. The molecule has 0 radical (unpaired) electrons. The molecule has 2 aliphatic rings. The van der Waals surface area contributed by atoms with Crippen LogP contribution in [0.2, 0.25) is 0 Å². The summed E-state index contributed by atoms with van der Waals surface area (Å²) in [5, 5.41) is 3.81. The maximum atomic E-state index is 3.81. The van der Waals surface area contributed by atoms with Gasteiger partial charge in [0, 0.05) is 24.7 Å². The molecule has 1 aliphatic carbocycles. The molecule has 1 N–H and O–H groups in total. The summed E-state index contributed by atoms with van der Waals surface area (Å²) in [5.41, 5.74) is 0. The third-order valence-corrected chi connectivity index (χ3v) is 3.69. The Morgan fingerprint density at radius 3 is 2.67 bits per heavy atom. The van der Waals surface area contributed by atoms with Crippen LogP contribution in [0.25, 0.3) is 0 Å². The van der Waals surface area contributed by atoms with Crippen molar-refractivity contribution in [3.8, 4) is 0 Å². The summed E-state index contributed by atoms with van der Waals surface area (Å²) in [6, 6.07) is 2.19. The van der Waals surface area contributed by atoms with Gasteiger partial charge in [-0.3, -0.25) is 4.90 Å². The summed E-state index contributed by atoms with van der Waals surface area (Å²) < 4.78 is 0. The van der Waals surface area contributed by atoms with Gasteiger partial charge < -0.3 is 5.32 Å². The lowest BCUT2D eigenvalue weighted by molar-refractivity contribution is 0.264. The lowest BCUT2D eigenvalue weighted by atomic mass is 10.0. The van der Waals surface area contributed by atoms with Crippen molar-refractivity contribution in [1.82, 2.24) is 10.2 Å². The van der Waals surface area contributed by atoms with E-state index in [0.717, 1.165) is 12.1 Å². The SMILES string of the molecule is CC(C)N1CCC(NC2CC=CCC2)C1. The Hall–Kier alpha value is -0.340. The highest BCUT2D eigenvalue weighted by molar-refractivity contribution is 4.95. The van der Waals surface area contributed by atoms with E-state index in [4.69, 9.17) is 0 Å². The van der Waals surface area contributed by atoms with Gasteiger partial charge in [0.05, 0.1) is 0 Å². The molecule has 1 aliphatic heterocycles. The van der Waals surface area contributed by atoms with Crippen LogP contribution in [0.5, 0.6) is 0 Å². The fourth-order valence-corrected chi connectivity index (χ4v) is 2.67. The minimum atomic E-state index is 0.711. The monoisotopic (exact) mass is 208 g/mol. The van der Waals surface area contributed by atoms with Crippen molar-refractivity contribution in [1.29, 1.82) is 0 Å². The quantitative estimate of drug-likeness (QED) is 0.715. The van der Waals surface area contributed by atoms with Crippen LogP contribution in [0.15, 0.2) is 12.2 Å². The van der Waals surface area contributed by atoms with Crippen LogP contribution in [0.3, 0.4) is 0 Å². The lowest BCUT2D eigenvalue weighted by Crippen LogP contribution is -2.41. The molecular formula is C13H24N2. The molecular weight excluding hydrogens is 184 g/mol. The Kier molecular flexibility index (Phi) is 3.81. The smallest absolute Gasteiger partial charge is 0.0210 e. The molecule has 2 nitrogen and oxygen atoms in total. The van der Waals surface area contributed by atoms with Gasteiger partial charge in [-0.15, -0.1) is 0 Å². The van der Waals surface area contributed by atoms with E-state index >= 15 is 0 Å². The number of rotatable bonds is 3. The van der Waals surface area contributed by atoms with Crippen LogP contribution in [-0.2, 0) is 0 Å². The van der Waals surface area contributed by atoms with Crippen molar-refractivity contribution in [3.05, 3.63) is 12.2 Å². The van der Waals surface area contributed by atoms with Gasteiger partial charge in [0.2, 0.25) is 0 Å². The zero-order valence-corrected chi connectivity index (χ0v) is 10.1. The summed E-state index contributed by atoms with van der Waals surface area (Å²) in [7, 11) is 0. The van der Waals surface area contributed by atoms with E-state index in [9.17, 15) is 0 Å². The molecule has 0 aromatic heterocycles. The molecule has 2 heteroatoms. The number of nitrogens with one attached hydrogen (secondary N) is 1. The van der Waals surface area contributed by atoms with Crippen molar-refractivity contribution in [2.24, 2.45) is 0 Å². The second-order valence-corrected chi connectivity index (χ2v) is 5.22. The van der Waals surface area contributed by atoms with Crippen molar-refractivity contribution < 1.29 is 0 Å². The third kappa shape index (κ3) is 3.05. The Morgan fingerprint density at radius 2 is 2.07 bits per heavy atom. The summed E-state index contributed by atoms with van der Waals surface area (Å²) in [4.78, 5) is 2.58. The molecule has 86 valence electrons. The molecule has 2 rings (SSSR count). The van der Waals surface area contributed by atoms with Gasteiger partial charge >= 0.3 is 0 Å². The van der Waals surface area contributed by atoms with E-state index in [1.165, 1.54) is 38.8 Å². The molecule has 0 aromatic rings. The fourth-order valence-electron chi connectivity index (χ4n) is 2.67. The molecule has 15 heavy (non-hydrogen) atoms. The molecule has 0 spiro atoms. The highest BCUT2D eigenvalue weighted by Crippen LogP contribution is 2.16. The molecule has 0 amide bonds. The second kappa shape index (κ2) is 5.13. The molecule has 1 fully saturated rings. The number of likely N-dealkylation sites (tertiary alicyclic amines) is 1. The van der Waals surface area contributed by atoms with E-state index in [1.54, 1.807) is 0 Å². The van der Waals surface area contributed by atoms with Crippen LogP contribution in [0.1, 0.15) is 39.5 Å². The highest BCUT2D eigenvalue weighted by atomic mass is 15.2. The van der Waals surface area contributed by atoms with E-state index in [-0.39, 0.29) is 0 Å². The summed E-state index contributed by atoms with van der Waals surface area (Å²) in [5.74, 6) is 0. The molecule has 0 bridgehead atoms. The Balaban J connectivity index is 1.74. The van der Waals surface area contributed by atoms with Gasteiger partial charge in [-0.05, 0) is 46.1 Å².